The molecule has 1 aromatic heterocycles. The van der Waals surface area contributed by atoms with Crippen LogP contribution in [0.25, 0.3) is 12.2 Å². The van der Waals surface area contributed by atoms with E-state index in [9.17, 15) is 4.79 Å². The van der Waals surface area contributed by atoms with Gasteiger partial charge < -0.3 is 9.64 Å². The van der Waals surface area contributed by atoms with Crippen molar-refractivity contribution < 1.29 is 9.31 Å². The van der Waals surface area contributed by atoms with Gasteiger partial charge in [-0.05, 0) is 76.8 Å². The molecule has 184 valence electrons. The van der Waals surface area contributed by atoms with E-state index in [1.807, 2.05) is 4.57 Å². The van der Waals surface area contributed by atoms with Gasteiger partial charge in [-0.25, -0.2) is 0 Å². The van der Waals surface area contributed by atoms with Gasteiger partial charge in [0.15, 0.2) is 12.1 Å². The molecule has 2 saturated carbocycles. The fourth-order valence-electron chi connectivity index (χ4n) is 6.53. The first-order chi connectivity index (χ1) is 16.6. The second-order valence-corrected chi connectivity index (χ2v) is 11.1. The number of rotatable bonds is 5. The van der Waals surface area contributed by atoms with E-state index in [-0.39, 0.29) is 5.56 Å². The van der Waals surface area contributed by atoms with Gasteiger partial charge in [0.05, 0.1) is 10.6 Å². The summed E-state index contributed by atoms with van der Waals surface area (Å²) < 4.78 is 12.5. The average molecular weight is 483 g/mol. The van der Waals surface area contributed by atoms with Crippen LogP contribution in [0.2, 0.25) is 0 Å². The zero-order valence-electron chi connectivity index (χ0n) is 21.0. The van der Waals surface area contributed by atoms with Crippen LogP contribution in [0.3, 0.4) is 0 Å². The van der Waals surface area contributed by atoms with Gasteiger partial charge >= 0.3 is 5.90 Å². The molecular weight excluding hydrogens is 442 g/mol. The van der Waals surface area contributed by atoms with E-state index in [1.54, 1.807) is 11.3 Å². The van der Waals surface area contributed by atoms with Gasteiger partial charge in [-0.2, -0.15) is 4.58 Å². The summed E-state index contributed by atoms with van der Waals surface area (Å²) in [6, 6.07) is 1.11. The van der Waals surface area contributed by atoms with E-state index in [0.29, 0.717) is 30.7 Å². The van der Waals surface area contributed by atoms with Gasteiger partial charge in [-0.3, -0.25) is 9.36 Å². The highest BCUT2D eigenvalue weighted by atomic mass is 32.1. The Morgan fingerprint density at radius 1 is 1.06 bits per heavy atom. The molecule has 0 amide bonds. The maximum atomic E-state index is 13.3. The Morgan fingerprint density at radius 2 is 1.85 bits per heavy atom. The zero-order valence-corrected chi connectivity index (χ0v) is 21.9. The molecule has 5 nitrogen and oxygen atoms in total. The lowest BCUT2D eigenvalue weighted by Gasteiger charge is -2.42. The molecular formula is C28H40N3O2S+. The van der Waals surface area contributed by atoms with Crippen LogP contribution in [0, 0.1) is 5.92 Å². The van der Waals surface area contributed by atoms with Crippen molar-refractivity contribution in [3.8, 4) is 0 Å². The molecule has 2 aliphatic carbocycles. The average Bonchev–Trinajstić information content (AvgIpc) is 3.38. The minimum atomic E-state index is 0.116. The molecule has 4 atom stereocenters. The first kappa shape index (κ1) is 23.7. The fraction of sp³-hybridized carbons (Fsp3) is 0.643. The van der Waals surface area contributed by atoms with Crippen molar-refractivity contribution in [2.75, 3.05) is 13.1 Å². The third-order valence-corrected chi connectivity index (χ3v) is 9.38. The van der Waals surface area contributed by atoms with Crippen molar-refractivity contribution in [3.63, 3.8) is 0 Å². The van der Waals surface area contributed by atoms with Crippen molar-refractivity contribution in [2.45, 2.75) is 96.9 Å². The first-order valence-electron chi connectivity index (χ1n) is 13.5. The molecule has 0 saturated heterocycles. The normalized spacial score (nSPS) is 31.3. The molecule has 1 aromatic rings. The monoisotopic (exact) mass is 482 g/mol. The highest BCUT2D eigenvalue weighted by Gasteiger charge is 2.43. The maximum Gasteiger partial charge on any atom is 0.366 e. The molecule has 0 radical (unpaired) electrons. The summed E-state index contributed by atoms with van der Waals surface area (Å²) in [7, 11) is 0. The van der Waals surface area contributed by atoms with Gasteiger partial charge in [0.25, 0.3) is 5.56 Å². The molecule has 0 bridgehead atoms. The molecule has 34 heavy (non-hydrogen) atoms. The van der Waals surface area contributed by atoms with E-state index in [4.69, 9.17) is 4.74 Å². The van der Waals surface area contributed by atoms with Crippen LogP contribution in [0.1, 0.15) is 72.1 Å². The van der Waals surface area contributed by atoms with Crippen molar-refractivity contribution >= 4 is 29.4 Å². The lowest BCUT2D eigenvalue weighted by molar-refractivity contribution is -0.557. The van der Waals surface area contributed by atoms with Crippen molar-refractivity contribution in [2.24, 2.45) is 5.92 Å². The third-order valence-electron chi connectivity index (χ3n) is 8.30. The van der Waals surface area contributed by atoms with Crippen LogP contribution >= 0.6 is 11.3 Å². The molecule has 2 fully saturated rings. The number of aromatic nitrogens is 1. The molecule has 0 N–H and O–H groups in total. The van der Waals surface area contributed by atoms with Gasteiger partial charge in [-0.1, -0.05) is 18.9 Å². The van der Waals surface area contributed by atoms with E-state index >= 15 is 0 Å². The van der Waals surface area contributed by atoms with Crippen LogP contribution in [0.4, 0.5) is 0 Å². The van der Waals surface area contributed by atoms with E-state index in [2.05, 4.69) is 60.8 Å². The highest BCUT2D eigenvalue weighted by Crippen LogP contribution is 2.37. The minimum Gasteiger partial charge on any atom is -0.434 e. The Bertz CT molecular complexity index is 1170. The molecule has 4 aliphatic rings. The van der Waals surface area contributed by atoms with Gasteiger partial charge in [-0.15, -0.1) is 11.3 Å². The van der Waals surface area contributed by atoms with Crippen LogP contribution in [-0.2, 0) is 11.3 Å². The second kappa shape index (κ2) is 10.3. The molecule has 0 spiro atoms. The summed E-state index contributed by atoms with van der Waals surface area (Å²) in [5, 5.41) is 0. The molecule has 2 aliphatic heterocycles. The number of likely N-dealkylation sites (N-methyl/N-ethyl adjacent to an activating group) is 1. The summed E-state index contributed by atoms with van der Waals surface area (Å²) >= 11 is 1.60. The predicted molar refractivity (Wildman–Crippen MR) is 141 cm³/mol. The smallest absolute Gasteiger partial charge is 0.366 e. The van der Waals surface area contributed by atoms with Crippen LogP contribution < -0.4 is 14.8 Å². The molecule has 6 heteroatoms. The van der Waals surface area contributed by atoms with E-state index in [1.165, 1.54) is 50.5 Å². The number of thiazole rings is 1. The minimum absolute atomic E-state index is 0.116. The lowest BCUT2D eigenvalue weighted by Crippen LogP contribution is -2.42. The third kappa shape index (κ3) is 4.34. The number of hydrogen-bond acceptors (Lipinski definition) is 4. The standard InChI is InChI=1S/C28H40N3O2S/c1-4-29-18-17-20(21-11-7-8-12-22(21)29)15-16-25-28(32)31(6-3)27(34-25)19-26-30(5-2)23-13-9-10-14-24(23)33-26/h15-19,21-24H,4-14H2,1-3H3/q+1/b20-15+,25-16?. The molecule has 5 rings (SSSR count). The largest absolute Gasteiger partial charge is 0.434 e. The summed E-state index contributed by atoms with van der Waals surface area (Å²) in [5.74, 6) is 1.53. The molecule has 0 aromatic carbocycles. The number of nitrogens with zero attached hydrogens (tertiary/aromatic N) is 3. The number of ether oxygens (including phenoxy) is 1. The molecule has 3 heterocycles. The van der Waals surface area contributed by atoms with Gasteiger partial charge in [0.2, 0.25) is 0 Å². The Morgan fingerprint density at radius 3 is 2.65 bits per heavy atom. The fourth-order valence-corrected chi connectivity index (χ4v) is 7.57. The van der Waals surface area contributed by atoms with Crippen LogP contribution in [0.15, 0.2) is 28.7 Å². The van der Waals surface area contributed by atoms with E-state index < -0.39 is 0 Å². The Balaban J connectivity index is 1.51. The van der Waals surface area contributed by atoms with Crippen molar-refractivity contribution in [3.05, 3.63) is 43.5 Å². The second-order valence-electron chi connectivity index (χ2n) is 10.1. The van der Waals surface area contributed by atoms with Crippen molar-refractivity contribution in [1.82, 2.24) is 9.47 Å². The number of fused-ring (bicyclic) bond motifs is 2. The highest BCUT2D eigenvalue weighted by molar-refractivity contribution is 7.07. The maximum absolute atomic E-state index is 13.3. The quantitative estimate of drug-likeness (QED) is 0.602. The lowest BCUT2D eigenvalue weighted by atomic mass is 9.77. The predicted octanol–water partition coefficient (Wildman–Crippen LogP) is 3.60. The number of allylic oxidation sites excluding steroid dienone is 2. The topological polar surface area (TPSA) is 37.5 Å². The summed E-state index contributed by atoms with van der Waals surface area (Å²) in [6.45, 7) is 9.20. The summed E-state index contributed by atoms with van der Waals surface area (Å²) in [5.41, 5.74) is 1.50. The van der Waals surface area contributed by atoms with E-state index in [0.717, 1.165) is 34.6 Å². The SMILES string of the molecule is CCN1C=C/C(=C\C=c2sc(=CC3=[N+](CC)C4CCCCC4O3)n(CC)c2=O)C2CCCCC21. The van der Waals surface area contributed by atoms with Crippen molar-refractivity contribution in [1.29, 1.82) is 0 Å². The van der Waals surface area contributed by atoms with Crippen LogP contribution in [-0.4, -0.2) is 51.2 Å². The Labute approximate surface area is 207 Å². The Hall–Kier alpha value is -2.08. The molecule has 4 unspecified atom stereocenters. The van der Waals surface area contributed by atoms with Crippen LogP contribution in [0.5, 0.6) is 0 Å². The first-order valence-corrected chi connectivity index (χ1v) is 14.3. The summed E-state index contributed by atoms with van der Waals surface area (Å²) in [6.07, 6.45) is 21.3. The van der Waals surface area contributed by atoms with Gasteiger partial charge in [0.1, 0.15) is 11.2 Å². The van der Waals surface area contributed by atoms with Gasteiger partial charge in [0, 0.05) is 31.5 Å². The Kier molecular flexibility index (Phi) is 7.14. The zero-order chi connectivity index (χ0) is 23.7. The summed E-state index contributed by atoms with van der Waals surface area (Å²) in [4.78, 5) is 15.8. The number of hydrogen-bond donors (Lipinski definition) is 0.